The lowest BCUT2D eigenvalue weighted by atomic mass is 10.2. The zero-order chi connectivity index (χ0) is 15.4. The molecular weight excluding hydrogens is 299 g/mol. The van der Waals surface area contributed by atoms with Gasteiger partial charge in [-0.3, -0.25) is 0 Å². The van der Waals surface area contributed by atoms with Gasteiger partial charge in [0.2, 0.25) is 0 Å². The number of benzene rings is 2. The predicted octanol–water partition coefficient (Wildman–Crippen LogP) is 3.82. The van der Waals surface area contributed by atoms with Crippen molar-refractivity contribution in [3.8, 4) is 0 Å². The number of carbonyl (C=O) groups is 2. The van der Waals surface area contributed by atoms with Crippen molar-refractivity contribution in [2.45, 2.75) is 0 Å². The number of carboxylic acids is 1. The molecule has 0 bridgehead atoms. The Morgan fingerprint density at radius 2 is 1.62 bits per heavy atom. The van der Waals surface area contributed by atoms with Crippen LogP contribution in [-0.2, 0) is 0 Å². The van der Waals surface area contributed by atoms with E-state index in [0.29, 0.717) is 0 Å². The maximum atomic E-state index is 13.4. The van der Waals surface area contributed by atoms with Gasteiger partial charge in [-0.05, 0) is 24.3 Å². The number of amides is 2. The fourth-order valence-electron chi connectivity index (χ4n) is 1.68. The number of nitrogens with one attached hydrogen (secondary N) is 2. The van der Waals surface area contributed by atoms with E-state index in [1.54, 1.807) is 6.07 Å². The number of aromatic carboxylic acids is 1. The van der Waals surface area contributed by atoms with Crippen molar-refractivity contribution >= 4 is 35.0 Å². The van der Waals surface area contributed by atoms with Crippen molar-refractivity contribution in [2.24, 2.45) is 0 Å². The van der Waals surface area contributed by atoms with Crippen LogP contribution in [0.3, 0.4) is 0 Å². The first kappa shape index (κ1) is 14.8. The molecule has 0 aliphatic heterocycles. The molecule has 0 unspecified atom stereocenters. The first-order valence-corrected chi connectivity index (χ1v) is 6.21. The van der Waals surface area contributed by atoms with Gasteiger partial charge in [-0.2, -0.15) is 0 Å². The summed E-state index contributed by atoms with van der Waals surface area (Å²) < 4.78 is 13.4. The van der Waals surface area contributed by atoms with Crippen LogP contribution in [-0.4, -0.2) is 17.1 Å². The van der Waals surface area contributed by atoms with E-state index in [4.69, 9.17) is 16.7 Å². The lowest BCUT2D eigenvalue weighted by molar-refractivity contribution is 0.0698. The third-order valence-electron chi connectivity index (χ3n) is 2.60. The largest absolute Gasteiger partial charge is 0.478 e. The molecule has 0 fully saturated rings. The van der Waals surface area contributed by atoms with Gasteiger partial charge in [0.25, 0.3) is 0 Å². The number of rotatable bonds is 3. The molecule has 5 nitrogen and oxygen atoms in total. The van der Waals surface area contributed by atoms with Gasteiger partial charge in [0, 0.05) is 0 Å². The van der Waals surface area contributed by atoms with E-state index in [1.165, 1.54) is 36.4 Å². The fraction of sp³-hybridized carbons (Fsp3) is 0. The van der Waals surface area contributed by atoms with E-state index in [0.717, 1.165) is 0 Å². The summed E-state index contributed by atoms with van der Waals surface area (Å²) in [5.41, 5.74) is -0.236. The highest BCUT2D eigenvalue weighted by molar-refractivity contribution is 6.34. The van der Waals surface area contributed by atoms with Crippen LogP contribution >= 0.6 is 11.6 Å². The first-order chi connectivity index (χ1) is 9.99. The minimum Gasteiger partial charge on any atom is -0.478 e. The number of hydrogen-bond donors (Lipinski definition) is 3. The molecule has 0 saturated carbocycles. The SMILES string of the molecule is O=C(Nc1ccccc1F)Nc1cccc(Cl)c1C(=O)O. The van der Waals surface area contributed by atoms with E-state index in [9.17, 15) is 14.0 Å². The van der Waals surface area contributed by atoms with Gasteiger partial charge < -0.3 is 15.7 Å². The second-order valence-corrected chi connectivity index (χ2v) is 4.43. The fourth-order valence-corrected chi connectivity index (χ4v) is 1.94. The number of hydrogen-bond acceptors (Lipinski definition) is 2. The highest BCUT2D eigenvalue weighted by Crippen LogP contribution is 2.24. The predicted molar refractivity (Wildman–Crippen MR) is 77.5 cm³/mol. The molecule has 2 aromatic carbocycles. The molecule has 0 heterocycles. The first-order valence-electron chi connectivity index (χ1n) is 5.83. The van der Waals surface area contributed by atoms with Gasteiger partial charge in [-0.15, -0.1) is 0 Å². The molecule has 0 atom stereocenters. The highest BCUT2D eigenvalue weighted by Gasteiger charge is 2.16. The van der Waals surface area contributed by atoms with E-state index in [2.05, 4.69) is 10.6 Å². The van der Waals surface area contributed by atoms with Gasteiger partial charge in [0.05, 0.1) is 16.4 Å². The number of para-hydroxylation sites is 1. The van der Waals surface area contributed by atoms with Crippen LogP contribution in [0, 0.1) is 5.82 Å². The molecule has 0 radical (unpaired) electrons. The topological polar surface area (TPSA) is 78.4 Å². The highest BCUT2D eigenvalue weighted by atomic mass is 35.5. The van der Waals surface area contributed by atoms with Crippen LogP contribution in [0.4, 0.5) is 20.6 Å². The van der Waals surface area contributed by atoms with E-state index in [1.807, 2.05) is 0 Å². The summed E-state index contributed by atoms with van der Waals surface area (Å²) in [6, 6.07) is 9.11. The second kappa shape index (κ2) is 6.23. The Morgan fingerprint density at radius 3 is 2.29 bits per heavy atom. The molecule has 0 saturated heterocycles. The Labute approximate surface area is 124 Å². The summed E-state index contributed by atoms with van der Waals surface area (Å²) in [5.74, 6) is -1.88. The van der Waals surface area contributed by atoms with Gasteiger partial charge in [-0.1, -0.05) is 29.8 Å². The molecule has 108 valence electrons. The van der Waals surface area contributed by atoms with E-state index >= 15 is 0 Å². The molecule has 21 heavy (non-hydrogen) atoms. The third kappa shape index (κ3) is 3.49. The van der Waals surface area contributed by atoms with Gasteiger partial charge >= 0.3 is 12.0 Å². The molecule has 0 aliphatic rings. The van der Waals surface area contributed by atoms with Crippen LogP contribution in [0.2, 0.25) is 5.02 Å². The van der Waals surface area contributed by atoms with Crippen LogP contribution in [0.5, 0.6) is 0 Å². The number of anilines is 2. The van der Waals surface area contributed by atoms with Gasteiger partial charge in [0.1, 0.15) is 11.4 Å². The average molecular weight is 309 g/mol. The maximum absolute atomic E-state index is 13.4. The lowest BCUT2D eigenvalue weighted by Gasteiger charge is -2.11. The van der Waals surface area contributed by atoms with E-state index < -0.39 is 17.8 Å². The lowest BCUT2D eigenvalue weighted by Crippen LogP contribution is -2.21. The Hall–Kier alpha value is -2.60. The normalized spacial score (nSPS) is 10.0. The molecule has 2 amide bonds. The molecule has 0 aliphatic carbocycles. The Kier molecular flexibility index (Phi) is 4.39. The van der Waals surface area contributed by atoms with Crippen LogP contribution in [0.15, 0.2) is 42.5 Å². The molecule has 0 aromatic heterocycles. The van der Waals surface area contributed by atoms with Crippen molar-refractivity contribution in [2.75, 3.05) is 10.6 Å². The van der Waals surface area contributed by atoms with Crippen LogP contribution in [0.1, 0.15) is 10.4 Å². The maximum Gasteiger partial charge on any atom is 0.339 e. The zero-order valence-corrected chi connectivity index (χ0v) is 11.3. The van der Waals surface area contributed by atoms with Crippen molar-refractivity contribution in [1.82, 2.24) is 0 Å². The Morgan fingerprint density at radius 1 is 1.00 bits per heavy atom. The summed E-state index contributed by atoms with van der Waals surface area (Å²) in [4.78, 5) is 22.9. The summed E-state index contributed by atoms with van der Waals surface area (Å²) in [6.45, 7) is 0. The molecular formula is C14H10ClFN2O3. The van der Waals surface area contributed by atoms with Crippen molar-refractivity contribution < 1.29 is 19.1 Å². The molecule has 7 heteroatoms. The minimum absolute atomic E-state index is 0.00816. The van der Waals surface area contributed by atoms with Crippen molar-refractivity contribution in [3.63, 3.8) is 0 Å². The quantitative estimate of drug-likeness (QED) is 0.806. The number of carbonyl (C=O) groups excluding carboxylic acids is 1. The summed E-state index contributed by atoms with van der Waals surface area (Å²) in [7, 11) is 0. The second-order valence-electron chi connectivity index (χ2n) is 4.03. The van der Waals surface area contributed by atoms with Gasteiger partial charge in [-0.25, -0.2) is 14.0 Å². The molecule has 2 aromatic rings. The van der Waals surface area contributed by atoms with Crippen molar-refractivity contribution in [3.05, 3.63) is 58.9 Å². The standard InChI is InChI=1S/C14H10ClFN2O3/c15-8-4-3-7-11(12(8)13(19)20)18-14(21)17-10-6-2-1-5-9(10)16/h1-7H,(H,19,20)(H2,17,18,21). The number of carboxylic acid groups (broad SMARTS) is 1. The average Bonchev–Trinajstić information content (AvgIpc) is 2.41. The molecule has 2 rings (SSSR count). The van der Waals surface area contributed by atoms with Gasteiger partial charge in [0.15, 0.2) is 0 Å². The summed E-state index contributed by atoms with van der Waals surface area (Å²) in [5, 5.41) is 13.7. The third-order valence-corrected chi connectivity index (χ3v) is 2.91. The smallest absolute Gasteiger partial charge is 0.339 e. The van der Waals surface area contributed by atoms with Crippen LogP contribution in [0.25, 0.3) is 0 Å². The monoisotopic (exact) mass is 308 g/mol. The number of halogens is 2. The Bertz CT molecular complexity index is 706. The molecule has 3 N–H and O–H groups in total. The minimum atomic E-state index is -1.28. The zero-order valence-electron chi connectivity index (χ0n) is 10.6. The van der Waals surface area contributed by atoms with Crippen LogP contribution < -0.4 is 10.6 Å². The Balaban J connectivity index is 2.19. The summed E-state index contributed by atoms with van der Waals surface area (Å²) >= 11 is 5.78. The van der Waals surface area contributed by atoms with E-state index in [-0.39, 0.29) is 22.0 Å². The van der Waals surface area contributed by atoms with Crippen molar-refractivity contribution in [1.29, 1.82) is 0 Å². The molecule has 0 spiro atoms. The number of urea groups is 1. The summed E-state index contributed by atoms with van der Waals surface area (Å²) in [6.07, 6.45) is 0.